The van der Waals surface area contributed by atoms with Gasteiger partial charge in [0.15, 0.2) is 0 Å². The molecule has 1 aliphatic rings. The van der Waals surface area contributed by atoms with Crippen molar-refractivity contribution in [2.45, 2.75) is 45.6 Å². The fourth-order valence-corrected chi connectivity index (χ4v) is 1.95. The zero-order chi connectivity index (χ0) is 7.40. The van der Waals surface area contributed by atoms with Gasteiger partial charge in [0, 0.05) is 0 Å². The third-order valence-corrected chi connectivity index (χ3v) is 2.65. The van der Waals surface area contributed by atoms with Gasteiger partial charge in [-0.3, -0.25) is 0 Å². The average molecular weight is 142 g/mol. The number of piperidine rings is 1. The topological polar surface area (TPSA) is 4.44 Å². The predicted octanol–water partition coefficient (Wildman–Crippen LogP) is 0.854. The van der Waals surface area contributed by atoms with Gasteiger partial charge in [-0.25, -0.2) is 0 Å². The summed E-state index contributed by atoms with van der Waals surface area (Å²) in [5.41, 5.74) is 0. The quantitative estimate of drug-likeness (QED) is 0.583. The summed E-state index contributed by atoms with van der Waals surface area (Å²) in [5.74, 6) is 0. The molecule has 0 aliphatic carbocycles. The zero-order valence-corrected chi connectivity index (χ0v) is 7.32. The van der Waals surface area contributed by atoms with Crippen molar-refractivity contribution in [1.29, 1.82) is 0 Å². The van der Waals surface area contributed by atoms with Gasteiger partial charge >= 0.3 is 0 Å². The lowest BCUT2D eigenvalue weighted by molar-refractivity contribution is -0.928. The molecule has 1 N–H and O–H groups in total. The molecule has 60 valence electrons. The van der Waals surface area contributed by atoms with E-state index in [2.05, 4.69) is 13.8 Å². The average Bonchev–Trinajstić information content (AvgIpc) is 1.94. The van der Waals surface area contributed by atoms with E-state index in [1.165, 1.54) is 38.8 Å². The summed E-state index contributed by atoms with van der Waals surface area (Å²) in [6.45, 7) is 7.49. The second-order valence-electron chi connectivity index (χ2n) is 3.56. The summed E-state index contributed by atoms with van der Waals surface area (Å²) in [6.07, 6.45) is 5.73. The van der Waals surface area contributed by atoms with Crippen molar-refractivity contribution in [3.8, 4) is 0 Å². The lowest BCUT2D eigenvalue weighted by Crippen LogP contribution is -3.16. The van der Waals surface area contributed by atoms with E-state index >= 15 is 0 Å². The molecule has 1 aliphatic heterocycles. The van der Waals surface area contributed by atoms with Crippen LogP contribution in [0.3, 0.4) is 0 Å². The fraction of sp³-hybridized carbons (Fsp3) is 1.00. The number of rotatable bonds is 2. The molecule has 10 heavy (non-hydrogen) atoms. The molecule has 0 aromatic carbocycles. The van der Waals surface area contributed by atoms with Crippen molar-refractivity contribution >= 4 is 0 Å². The van der Waals surface area contributed by atoms with Gasteiger partial charge < -0.3 is 4.90 Å². The van der Waals surface area contributed by atoms with E-state index in [0.29, 0.717) is 0 Å². The van der Waals surface area contributed by atoms with Gasteiger partial charge in [-0.2, -0.15) is 0 Å². The largest absolute Gasteiger partial charge is 0.333 e. The fourth-order valence-electron chi connectivity index (χ4n) is 1.95. The molecule has 1 heterocycles. The predicted molar refractivity (Wildman–Crippen MR) is 44.3 cm³/mol. The number of hydrogen-bond acceptors (Lipinski definition) is 0. The minimum absolute atomic E-state index is 0.939. The molecule has 1 saturated heterocycles. The Morgan fingerprint density at radius 3 is 2.80 bits per heavy atom. The van der Waals surface area contributed by atoms with Crippen LogP contribution in [-0.4, -0.2) is 19.1 Å². The highest BCUT2D eigenvalue weighted by molar-refractivity contribution is 4.54. The number of quaternary nitrogens is 1. The van der Waals surface area contributed by atoms with Gasteiger partial charge in [0.05, 0.1) is 19.1 Å². The van der Waals surface area contributed by atoms with E-state index in [0.717, 1.165) is 6.04 Å². The Balaban J connectivity index is 2.25. The highest BCUT2D eigenvalue weighted by atomic mass is 15.1. The molecule has 2 unspecified atom stereocenters. The van der Waals surface area contributed by atoms with Crippen molar-refractivity contribution < 1.29 is 4.90 Å². The third kappa shape index (κ3) is 1.98. The summed E-state index contributed by atoms with van der Waals surface area (Å²) >= 11 is 0. The molecule has 0 aromatic heterocycles. The summed E-state index contributed by atoms with van der Waals surface area (Å²) in [4.78, 5) is 1.84. The molecule has 1 nitrogen and oxygen atoms in total. The molecule has 0 spiro atoms. The van der Waals surface area contributed by atoms with Gasteiger partial charge in [0.2, 0.25) is 0 Å². The first kappa shape index (κ1) is 8.06. The van der Waals surface area contributed by atoms with Crippen LogP contribution in [0.5, 0.6) is 0 Å². The van der Waals surface area contributed by atoms with Gasteiger partial charge in [-0.1, -0.05) is 6.92 Å². The van der Waals surface area contributed by atoms with E-state index in [-0.39, 0.29) is 0 Å². The molecular weight excluding hydrogens is 122 g/mol. The van der Waals surface area contributed by atoms with E-state index in [1.54, 1.807) is 0 Å². The second kappa shape index (κ2) is 3.97. The number of likely N-dealkylation sites (tertiary alicyclic amines) is 1. The molecule has 0 saturated carbocycles. The maximum absolute atomic E-state index is 2.39. The molecule has 0 bridgehead atoms. The van der Waals surface area contributed by atoms with Crippen LogP contribution in [0.15, 0.2) is 0 Å². The lowest BCUT2D eigenvalue weighted by Gasteiger charge is -2.29. The van der Waals surface area contributed by atoms with Crippen LogP contribution in [0, 0.1) is 0 Å². The van der Waals surface area contributed by atoms with Crippen LogP contribution in [-0.2, 0) is 0 Å². The lowest BCUT2D eigenvalue weighted by atomic mass is 10.0. The molecule has 2 atom stereocenters. The Labute approximate surface area is 64.4 Å². The van der Waals surface area contributed by atoms with Crippen molar-refractivity contribution in [1.82, 2.24) is 0 Å². The highest BCUT2D eigenvalue weighted by Crippen LogP contribution is 2.01. The maximum Gasteiger partial charge on any atom is 0.0846 e. The maximum atomic E-state index is 2.39. The summed E-state index contributed by atoms with van der Waals surface area (Å²) in [6, 6.07) is 0.939. The van der Waals surface area contributed by atoms with Crippen LogP contribution in [0.2, 0.25) is 0 Å². The minimum Gasteiger partial charge on any atom is -0.333 e. The minimum atomic E-state index is 0.939. The Hall–Kier alpha value is -0.0400. The Kier molecular flexibility index (Phi) is 3.20. The first-order chi connectivity index (χ1) is 4.84. The first-order valence-corrected chi connectivity index (χ1v) is 4.69. The SMILES string of the molecule is CCC[NH+]1CCCCC1C. The molecule has 1 rings (SSSR count). The molecule has 0 amide bonds. The molecule has 0 radical (unpaired) electrons. The van der Waals surface area contributed by atoms with Gasteiger partial charge in [0.1, 0.15) is 0 Å². The van der Waals surface area contributed by atoms with Gasteiger partial charge in [0.25, 0.3) is 0 Å². The van der Waals surface area contributed by atoms with Crippen LogP contribution in [0.25, 0.3) is 0 Å². The number of nitrogens with one attached hydrogen (secondary N) is 1. The van der Waals surface area contributed by atoms with Crippen LogP contribution in [0.1, 0.15) is 39.5 Å². The molecule has 1 fully saturated rings. The third-order valence-electron chi connectivity index (χ3n) is 2.65. The zero-order valence-electron chi connectivity index (χ0n) is 7.32. The van der Waals surface area contributed by atoms with E-state index in [1.807, 2.05) is 4.90 Å². The van der Waals surface area contributed by atoms with Crippen molar-refractivity contribution in [3.05, 3.63) is 0 Å². The Morgan fingerprint density at radius 2 is 2.20 bits per heavy atom. The van der Waals surface area contributed by atoms with Gasteiger partial charge in [-0.15, -0.1) is 0 Å². The van der Waals surface area contributed by atoms with Crippen molar-refractivity contribution in [3.63, 3.8) is 0 Å². The Bertz CT molecular complexity index is 88.7. The summed E-state index contributed by atoms with van der Waals surface area (Å²) in [5, 5.41) is 0. The first-order valence-electron chi connectivity index (χ1n) is 4.69. The summed E-state index contributed by atoms with van der Waals surface area (Å²) < 4.78 is 0. The monoisotopic (exact) mass is 142 g/mol. The second-order valence-corrected chi connectivity index (χ2v) is 3.56. The standard InChI is InChI=1S/C9H19N/c1-3-7-10-8-5-4-6-9(10)2/h9H,3-8H2,1-2H3/p+1. The summed E-state index contributed by atoms with van der Waals surface area (Å²) in [7, 11) is 0. The molecule has 1 heteroatoms. The van der Waals surface area contributed by atoms with Crippen molar-refractivity contribution in [2.24, 2.45) is 0 Å². The normalized spacial score (nSPS) is 34.2. The molecular formula is C9H20N+. The van der Waals surface area contributed by atoms with Crippen molar-refractivity contribution in [2.75, 3.05) is 13.1 Å². The smallest absolute Gasteiger partial charge is 0.0846 e. The van der Waals surface area contributed by atoms with Crippen LogP contribution >= 0.6 is 0 Å². The Morgan fingerprint density at radius 1 is 1.40 bits per heavy atom. The van der Waals surface area contributed by atoms with Gasteiger partial charge in [-0.05, 0) is 32.6 Å². The van der Waals surface area contributed by atoms with Crippen LogP contribution < -0.4 is 4.90 Å². The number of hydrogen-bond donors (Lipinski definition) is 1. The highest BCUT2D eigenvalue weighted by Gasteiger charge is 2.19. The van der Waals surface area contributed by atoms with E-state index in [4.69, 9.17) is 0 Å². The van der Waals surface area contributed by atoms with E-state index in [9.17, 15) is 0 Å². The molecule has 0 aromatic rings. The van der Waals surface area contributed by atoms with E-state index < -0.39 is 0 Å². The van der Waals surface area contributed by atoms with Crippen LogP contribution in [0.4, 0.5) is 0 Å².